The summed E-state index contributed by atoms with van der Waals surface area (Å²) in [5, 5.41) is 0. The topological polar surface area (TPSA) is 67.9 Å². The summed E-state index contributed by atoms with van der Waals surface area (Å²) in [6.45, 7) is 3.88. The fourth-order valence-corrected chi connectivity index (χ4v) is 3.97. The highest BCUT2D eigenvalue weighted by Crippen LogP contribution is 2.14. The van der Waals surface area contributed by atoms with Crippen LogP contribution in [-0.2, 0) is 36.1 Å². The van der Waals surface area contributed by atoms with Gasteiger partial charge < -0.3 is 23.5 Å². The minimum absolute atomic E-state index is 0.00867. The molecule has 0 saturated heterocycles. The highest BCUT2D eigenvalue weighted by molar-refractivity contribution is 5.96. The molecule has 0 aliphatic rings. The minimum Gasteiger partial charge on any atom is -0.467 e. The molecule has 35 heavy (non-hydrogen) atoms. The van der Waals surface area contributed by atoms with Crippen LogP contribution >= 0.6 is 0 Å². The van der Waals surface area contributed by atoms with Crippen LogP contribution < -0.4 is 0 Å². The molecular weight excluding hydrogens is 442 g/mol. The number of nitrogens with zero attached hydrogens (tertiary/aromatic N) is 3. The van der Waals surface area contributed by atoms with Gasteiger partial charge in [0.2, 0.25) is 5.91 Å². The first-order valence-corrected chi connectivity index (χ1v) is 12.3. The molecule has 0 N–H and O–H groups in total. The molecule has 3 aromatic rings. The van der Waals surface area contributed by atoms with E-state index in [4.69, 9.17) is 9.15 Å². The third-order valence-corrected chi connectivity index (χ3v) is 6.09. The lowest BCUT2D eigenvalue weighted by atomic mass is 10.1. The Bertz CT molecular complexity index is 1040. The molecule has 0 atom stereocenters. The van der Waals surface area contributed by atoms with E-state index in [1.165, 1.54) is 5.56 Å². The van der Waals surface area contributed by atoms with E-state index >= 15 is 0 Å². The molecule has 0 aliphatic carbocycles. The number of hydrogen-bond donors (Lipinski definition) is 0. The maximum absolute atomic E-state index is 13.5. The lowest BCUT2D eigenvalue weighted by molar-refractivity contribution is -0.133. The summed E-state index contributed by atoms with van der Waals surface area (Å²) in [7, 11) is 3.59. The maximum Gasteiger partial charge on any atom is 0.254 e. The van der Waals surface area contributed by atoms with Gasteiger partial charge in [0.25, 0.3) is 5.91 Å². The molecule has 188 valence electrons. The van der Waals surface area contributed by atoms with Gasteiger partial charge in [0.05, 0.1) is 19.4 Å². The van der Waals surface area contributed by atoms with Gasteiger partial charge >= 0.3 is 0 Å². The lowest BCUT2D eigenvalue weighted by Crippen LogP contribution is -2.43. The van der Waals surface area contributed by atoms with E-state index in [1.807, 2.05) is 66.3 Å². The number of carbonyl (C=O) groups excluding carboxylic acids is 2. The normalized spacial score (nSPS) is 10.9. The summed E-state index contributed by atoms with van der Waals surface area (Å²) in [5.74, 6) is 0.425. The minimum atomic E-state index is -0.145. The van der Waals surface area contributed by atoms with Gasteiger partial charge in [0, 0.05) is 44.8 Å². The van der Waals surface area contributed by atoms with Gasteiger partial charge in [-0.15, -0.1) is 0 Å². The van der Waals surface area contributed by atoms with Crippen molar-refractivity contribution in [1.29, 1.82) is 0 Å². The lowest BCUT2D eigenvalue weighted by Gasteiger charge is -2.27. The molecule has 0 radical (unpaired) electrons. The number of hydrogen-bond acceptors (Lipinski definition) is 4. The number of amides is 2. The molecule has 0 bridgehead atoms. The third kappa shape index (κ3) is 7.86. The molecule has 0 unspecified atom stereocenters. The monoisotopic (exact) mass is 479 g/mol. The number of ether oxygens (including phenoxy) is 1. The molecule has 2 amide bonds. The van der Waals surface area contributed by atoms with E-state index in [0.717, 1.165) is 25.0 Å². The number of rotatable bonds is 14. The summed E-state index contributed by atoms with van der Waals surface area (Å²) in [5.41, 5.74) is 2.82. The van der Waals surface area contributed by atoms with Crippen LogP contribution in [0, 0.1) is 0 Å². The second-order valence-electron chi connectivity index (χ2n) is 8.81. The molecule has 0 saturated carbocycles. The number of aryl methyl sites for hydroxylation is 2. The summed E-state index contributed by atoms with van der Waals surface area (Å²) >= 11 is 0. The van der Waals surface area contributed by atoms with Crippen molar-refractivity contribution >= 4 is 11.8 Å². The number of unbranched alkanes of at least 4 members (excludes halogenated alkanes) is 1. The van der Waals surface area contributed by atoms with Crippen LogP contribution in [0.25, 0.3) is 0 Å². The van der Waals surface area contributed by atoms with Gasteiger partial charge in [-0.2, -0.15) is 0 Å². The Balaban J connectivity index is 1.76. The largest absolute Gasteiger partial charge is 0.467 e. The van der Waals surface area contributed by atoms with Crippen LogP contribution in [0.1, 0.15) is 53.6 Å². The summed E-state index contributed by atoms with van der Waals surface area (Å²) in [6, 6.07) is 15.4. The average Bonchev–Trinajstić information content (AvgIpc) is 3.53. The summed E-state index contributed by atoms with van der Waals surface area (Å²) < 4.78 is 12.7. The Morgan fingerprint density at radius 3 is 2.43 bits per heavy atom. The number of aromatic nitrogens is 1. The number of benzene rings is 1. The predicted octanol–water partition coefficient (Wildman–Crippen LogP) is 4.67. The summed E-state index contributed by atoms with van der Waals surface area (Å²) in [4.78, 5) is 30.3. The van der Waals surface area contributed by atoms with Crippen molar-refractivity contribution in [3.8, 4) is 0 Å². The second-order valence-corrected chi connectivity index (χ2v) is 8.81. The third-order valence-electron chi connectivity index (χ3n) is 6.09. The van der Waals surface area contributed by atoms with E-state index < -0.39 is 0 Å². The molecular formula is C28H37N3O4. The number of carbonyl (C=O) groups is 2. The average molecular weight is 480 g/mol. The van der Waals surface area contributed by atoms with Crippen LogP contribution in [0.4, 0.5) is 0 Å². The SMILES string of the molecule is CCCCc1ccc(C(=O)N(CCCOC)CC(=O)N(Cc2ccco2)Cc2cccn2C)cc1. The van der Waals surface area contributed by atoms with Crippen molar-refractivity contribution in [3.63, 3.8) is 0 Å². The van der Waals surface area contributed by atoms with Crippen LogP contribution in [0.15, 0.2) is 65.4 Å². The van der Waals surface area contributed by atoms with Crippen LogP contribution in [0.2, 0.25) is 0 Å². The Hall–Kier alpha value is -3.32. The Morgan fingerprint density at radius 1 is 1.00 bits per heavy atom. The van der Waals surface area contributed by atoms with Crippen molar-refractivity contribution in [2.24, 2.45) is 7.05 Å². The fraction of sp³-hybridized carbons (Fsp3) is 0.429. The van der Waals surface area contributed by atoms with Crippen molar-refractivity contribution in [2.45, 2.75) is 45.7 Å². The number of methoxy groups -OCH3 is 1. The molecule has 0 spiro atoms. The van der Waals surface area contributed by atoms with E-state index in [9.17, 15) is 9.59 Å². The first-order chi connectivity index (χ1) is 17.0. The Labute approximate surface area is 208 Å². The van der Waals surface area contributed by atoms with E-state index in [1.54, 1.807) is 23.2 Å². The second kappa shape index (κ2) is 13.5. The smallest absolute Gasteiger partial charge is 0.254 e. The quantitative estimate of drug-likeness (QED) is 0.315. The molecule has 3 rings (SSSR count). The van der Waals surface area contributed by atoms with Gasteiger partial charge in [-0.3, -0.25) is 9.59 Å². The van der Waals surface area contributed by atoms with Crippen LogP contribution in [0.5, 0.6) is 0 Å². The van der Waals surface area contributed by atoms with Gasteiger partial charge in [-0.1, -0.05) is 25.5 Å². The molecule has 2 aromatic heterocycles. The summed E-state index contributed by atoms with van der Waals surface area (Å²) in [6.07, 6.45) is 7.47. The van der Waals surface area contributed by atoms with Crippen molar-refractivity contribution in [2.75, 3.05) is 26.8 Å². The zero-order chi connectivity index (χ0) is 25.0. The fourth-order valence-electron chi connectivity index (χ4n) is 3.97. The van der Waals surface area contributed by atoms with E-state index in [2.05, 4.69) is 6.92 Å². The first-order valence-electron chi connectivity index (χ1n) is 12.3. The Kier molecular flexibility index (Phi) is 10.2. The highest BCUT2D eigenvalue weighted by Gasteiger charge is 2.23. The van der Waals surface area contributed by atoms with Crippen LogP contribution in [-0.4, -0.2) is 53.0 Å². The Morgan fingerprint density at radius 2 is 1.80 bits per heavy atom. The van der Waals surface area contributed by atoms with Gasteiger partial charge in [0.15, 0.2) is 0 Å². The zero-order valence-corrected chi connectivity index (χ0v) is 21.1. The maximum atomic E-state index is 13.5. The zero-order valence-electron chi connectivity index (χ0n) is 21.1. The van der Waals surface area contributed by atoms with Gasteiger partial charge in [-0.25, -0.2) is 0 Å². The van der Waals surface area contributed by atoms with E-state index in [-0.39, 0.29) is 18.4 Å². The molecule has 0 aliphatic heterocycles. The first kappa shape index (κ1) is 26.3. The van der Waals surface area contributed by atoms with Crippen molar-refractivity contribution in [1.82, 2.24) is 14.4 Å². The van der Waals surface area contributed by atoms with Crippen molar-refractivity contribution < 1.29 is 18.7 Å². The van der Waals surface area contributed by atoms with Gasteiger partial charge in [0.1, 0.15) is 12.3 Å². The number of furan rings is 1. The van der Waals surface area contributed by atoms with Crippen molar-refractivity contribution in [3.05, 3.63) is 83.6 Å². The molecule has 7 nitrogen and oxygen atoms in total. The van der Waals surface area contributed by atoms with Gasteiger partial charge in [-0.05, 0) is 61.2 Å². The predicted molar refractivity (Wildman–Crippen MR) is 136 cm³/mol. The molecule has 0 fully saturated rings. The molecule has 2 heterocycles. The molecule has 7 heteroatoms. The highest BCUT2D eigenvalue weighted by atomic mass is 16.5. The standard InChI is InChI=1S/C28H37N3O4/c1-4-5-9-23-12-14-24(15-13-23)28(33)30(17-8-18-34-3)22-27(32)31(21-26-11-7-19-35-26)20-25-10-6-16-29(25)2/h6-7,10-16,19H,4-5,8-9,17-18,20-22H2,1-3H3. The van der Waals surface area contributed by atoms with E-state index in [0.29, 0.717) is 44.0 Å². The molecule has 1 aromatic carbocycles. The van der Waals surface area contributed by atoms with Crippen LogP contribution in [0.3, 0.4) is 0 Å².